The number of carbonyl (C=O) groups excluding carboxylic acids is 2. The zero-order chi connectivity index (χ0) is 34.4. The van der Waals surface area contributed by atoms with Crippen molar-refractivity contribution in [1.82, 2.24) is 14.8 Å². The summed E-state index contributed by atoms with van der Waals surface area (Å²) in [6.07, 6.45) is 5.35. The monoisotopic (exact) mass is 683 g/mol. The van der Waals surface area contributed by atoms with E-state index in [1.54, 1.807) is 55.6 Å². The first-order chi connectivity index (χ1) is 23.9. The molecule has 3 N–H and O–H groups in total. The fraction of sp³-hybridized carbons (Fsp3) is 0.324. The number of nitrogens with zero attached hydrogens (tertiary/aromatic N) is 4. The molecule has 2 aromatic carbocycles. The average molecular weight is 684 g/mol. The van der Waals surface area contributed by atoms with Crippen LogP contribution in [0.25, 0.3) is 0 Å². The predicted molar refractivity (Wildman–Crippen MR) is 189 cm³/mol. The Balaban J connectivity index is 1.22. The van der Waals surface area contributed by atoms with Gasteiger partial charge in [0.2, 0.25) is 0 Å². The van der Waals surface area contributed by atoms with Gasteiger partial charge in [-0.25, -0.2) is 0 Å². The maximum Gasteiger partial charge on any atom is 0.291 e. The smallest absolute Gasteiger partial charge is 0.291 e. The molecule has 0 bridgehead atoms. The molecular weight excluding hydrogens is 643 g/mol. The van der Waals surface area contributed by atoms with Crippen LogP contribution in [0, 0.1) is 18.8 Å². The van der Waals surface area contributed by atoms with Crippen LogP contribution < -0.4 is 5.32 Å². The Kier molecular flexibility index (Phi) is 13.3. The minimum absolute atomic E-state index is 0.0417. The van der Waals surface area contributed by atoms with Gasteiger partial charge in [-0.1, -0.05) is 40.7 Å². The van der Waals surface area contributed by atoms with E-state index in [1.165, 1.54) is 12.5 Å². The second kappa shape index (κ2) is 18.2. The largest absolute Gasteiger partial charge is 0.507 e. The number of furan rings is 1. The molecule has 1 fully saturated rings. The topological polar surface area (TPSA) is 141 Å². The Labute approximate surface area is 289 Å². The number of pyridine rings is 1. The van der Waals surface area contributed by atoms with Crippen molar-refractivity contribution in [3.63, 3.8) is 0 Å². The van der Waals surface area contributed by atoms with Gasteiger partial charge in [0.25, 0.3) is 11.8 Å². The number of aromatic nitrogens is 1. The first kappa shape index (κ1) is 35.7. The van der Waals surface area contributed by atoms with Crippen molar-refractivity contribution >= 4 is 28.2 Å². The molecule has 2 amide bonds. The van der Waals surface area contributed by atoms with Crippen LogP contribution in [-0.2, 0) is 15.4 Å². The van der Waals surface area contributed by atoms with E-state index >= 15 is 0 Å². The van der Waals surface area contributed by atoms with Crippen molar-refractivity contribution in [1.29, 1.82) is 0 Å². The molecule has 49 heavy (non-hydrogen) atoms. The highest BCUT2D eigenvalue weighted by Gasteiger charge is 2.18. The number of carbonyl (C=O) groups is 2. The summed E-state index contributed by atoms with van der Waals surface area (Å²) in [4.78, 5) is 35.6. The lowest BCUT2D eigenvalue weighted by molar-refractivity contribution is 0.0577. The number of hydrogen-bond acceptors (Lipinski definition) is 9. The number of anilines is 1. The third-order valence-electron chi connectivity index (χ3n) is 7.90. The number of aryl methyl sites for hydroxylation is 1. The number of piperazine rings is 1. The van der Waals surface area contributed by atoms with Crippen molar-refractivity contribution in [2.24, 2.45) is 4.36 Å². The molecule has 1 aliphatic heterocycles. The molecular formula is C37H41N5O6S. The van der Waals surface area contributed by atoms with Gasteiger partial charge in [-0.3, -0.25) is 19.5 Å². The lowest BCUT2D eigenvalue weighted by Crippen LogP contribution is -2.47. The zero-order valence-electron chi connectivity index (χ0n) is 27.5. The molecule has 1 aliphatic rings. The molecule has 12 heteroatoms. The van der Waals surface area contributed by atoms with E-state index < -0.39 is 16.6 Å². The molecule has 0 saturated carbocycles. The summed E-state index contributed by atoms with van der Waals surface area (Å²) in [5.41, 5.74) is 2.85. The molecule has 11 nitrogen and oxygen atoms in total. The fourth-order valence-corrected chi connectivity index (χ4v) is 6.94. The van der Waals surface area contributed by atoms with Crippen LogP contribution in [-0.4, -0.2) is 102 Å². The number of aliphatic hydroxyl groups excluding tert-OH is 1. The highest BCUT2D eigenvalue weighted by molar-refractivity contribution is 7.87. The standard InChI is InChI=1S/C37H41N5O6S/c1-28-12-20-48-35(28)37(46)39-32-7-4-6-29(25-32)10-11-30-24-31(27-38-26-30)36(45)40-49(34-9-3-2-8-33(34)44)23-5-13-41-14-16-42(17-15-41)18-21-47-22-19-43/h2-4,6-9,12,20,24-27,43-44H,5,13-19,21-23H2,1H3,(H,39,46). The van der Waals surface area contributed by atoms with E-state index in [-0.39, 0.29) is 24.0 Å². The number of hydrogen-bond donors (Lipinski definition) is 3. The Morgan fingerprint density at radius 2 is 1.76 bits per heavy atom. The Hall–Kier alpha value is -4.64. The minimum atomic E-state index is -0.862. The van der Waals surface area contributed by atoms with Gasteiger partial charge < -0.3 is 29.6 Å². The highest BCUT2D eigenvalue weighted by Crippen LogP contribution is 2.23. The van der Waals surface area contributed by atoms with E-state index in [0.29, 0.717) is 46.2 Å². The zero-order valence-corrected chi connectivity index (χ0v) is 28.3. The maximum absolute atomic E-state index is 13.4. The van der Waals surface area contributed by atoms with Gasteiger partial charge in [0.15, 0.2) is 5.76 Å². The summed E-state index contributed by atoms with van der Waals surface area (Å²) < 4.78 is 15.3. The van der Waals surface area contributed by atoms with Gasteiger partial charge in [-0.15, -0.1) is 0 Å². The van der Waals surface area contributed by atoms with Gasteiger partial charge in [-0.2, -0.15) is 4.36 Å². The molecule has 4 aromatic rings. The van der Waals surface area contributed by atoms with Crippen molar-refractivity contribution in [3.8, 4) is 17.6 Å². The lowest BCUT2D eigenvalue weighted by atomic mass is 10.1. The first-order valence-corrected chi connectivity index (χ1v) is 17.6. The first-order valence-electron chi connectivity index (χ1n) is 16.2. The van der Waals surface area contributed by atoms with Gasteiger partial charge in [0.05, 0.1) is 36.5 Å². The molecule has 1 unspecified atom stereocenters. The third kappa shape index (κ3) is 10.7. The molecule has 1 saturated heterocycles. The number of rotatable bonds is 13. The maximum atomic E-state index is 13.4. The summed E-state index contributed by atoms with van der Waals surface area (Å²) in [7, 11) is -0.862. The number of phenols is 1. The Bertz CT molecular complexity index is 1820. The van der Waals surface area contributed by atoms with Gasteiger partial charge in [0.1, 0.15) is 5.75 Å². The van der Waals surface area contributed by atoms with Crippen LogP contribution in [0.1, 0.15) is 44.0 Å². The molecule has 3 heterocycles. The number of ether oxygens (including phenoxy) is 1. The SMILES string of the molecule is Cc1ccoc1C(=O)Nc1cccc(C#Cc2cncc(C(=O)N=S(CCCN3CCN(CCOCCO)CC3)c3ccccc3O)c2)c1. The van der Waals surface area contributed by atoms with E-state index in [1.807, 2.05) is 18.2 Å². The Morgan fingerprint density at radius 1 is 0.980 bits per heavy atom. The number of phenolic OH excluding ortho intramolecular Hbond substituents is 1. The fourth-order valence-electron chi connectivity index (χ4n) is 5.27. The minimum Gasteiger partial charge on any atom is -0.507 e. The summed E-state index contributed by atoms with van der Waals surface area (Å²) in [6.45, 7) is 8.36. The predicted octanol–water partition coefficient (Wildman–Crippen LogP) is 4.36. The third-order valence-corrected chi connectivity index (χ3v) is 9.82. The van der Waals surface area contributed by atoms with E-state index in [4.69, 9.17) is 14.3 Å². The molecule has 0 radical (unpaired) electrons. The summed E-state index contributed by atoms with van der Waals surface area (Å²) in [5.74, 6) is 6.37. The second-order valence-corrected chi connectivity index (χ2v) is 13.2. The molecule has 5 rings (SSSR count). The number of benzene rings is 2. The molecule has 256 valence electrons. The number of nitrogens with one attached hydrogen (secondary N) is 1. The van der Waals surface area contributed by atoms with E-state index in [0.717, 1.165) is 51.3 Å². The van der Waals surface area contributed by atoms with E-state index in [2.05, 4.69) is 36.3 Å². The summed E-state index contributed by atoms with van der Waals surface area (Å²) >= 11 is 0. The quantitative estimate of drug-likeness (QED) is 0.139. The van der Waals surface area contributed by atoms with Crippen LogP contribution in [0.2, 0.25) is 0 Å². The molecule has 1 atom stereocenters. The Morgan fingerprint density at radius 3 is 2.51 bits per heavy atom. The van der Waals surface area contributed by atoms with Crippen LogP contribution in [0.3, 0.4) is 0 Å². The summed E-state index contributed by atoms with van der Waals surface area (Å²) in [6, 6.07) is 17.6. The number of para-hydroxylation sites is 1. The van der Waals surface area contributed by atoms with Crippen LogP contribution in [0.5, 0.6) is 5.75 Å². The molecule has 2 aromatic heterocycles. The summed E-state index contributed by atoms with van der Waals surface area (Å²) in [5, 5.41) is 22.3. The van der Waals surface area contributed by atoms with Crippen molar-refractivity contribution in [2.75, 3.05) is 70.2 Å². The van der Waals surface area contributed by atoms with E-state index in [9.17, 15) is 14.7 Å². The van der Waals surface area contributed by atoms with Gasteiger partial charge in [0, 0.05) is 73.2 Å². The van der Waals surface area contributed by atoms with Crippen molar-refractivity contribution in [2.45, 2.75) is 18.2 Å². The van der Waals surface area contributed by atoms with Gasteiger partial charge >= 0.3 is 0 Å². The highest BCUT2D eigenvalue weighted by atomic mass is 32.2. The molecule has 0 spiro atoms. The average Bonchev–Trinajstić information content (AvgIpc) is 3.56. The second-order valence-electron chi connectivity index (χ2n) is 11.5. The number of amides is 2. The van der Waals surface area contributed by atoms with Crippen LogP contribution in [0.15, 0.2) is 93.0 Å². The number of aliphatic hydroxyl groups is 1. The normalized spacial score (nSPS) is 14.2. The van der Waals surface area contributed by atoms with Crippen LogP contribution in [0.4, 0.5) is 5.69 Å². The van der Waals surface area contributed by atoms with Crippen LogP contribution >= 0.6 is 0 Å². The van der Waals surface area contributed by atoms with Crippen molar-refractivity contribution < 1.29 is 29.0 Å². The number of aromatic hydroxyl groups is 1. The lowest BCUT2D eigenvalue weighted by Gasteiger charge is -2.34. The molecule has 0 aliphatic carbocycles. The van der Waals surface area contributed by atoms with Crippen molar-refractivity contribution in [3.05, 3.63) is 107 Å². The van der Waals surface area contributed by atoms with Gasteiger partial charge in [-0.05, 0) is 62.4 Å².